The summed E-state index contributed by atoms with van der Waals surface area (Å²) in [5.74, 6) is 0.305. The molecule has 0 saturated carbocycles. The number of hydrogen-bond acceptors (Lipinski definition) is 5. The number of carbonyl (C=O) groups is 1. The Hall–Kier alpha value is -2.37. The zero-order chi connectivity index (χ0) is 14.4. The van der Waals surface area contributed by atoms with E-state index in [2.05, 4.69) is 22.3 Å². The van der Waals surface area contributed by atoms with Gasteiger partial charge in [-0.1, -0.05) is 6.92 Å². The maximum absolute atomic E-state index is 11.7. The van der Waals surface area contributed by atoms with Crippen LogP contribution in [0, 0.1) is 0 Å². The van der Waals surface area contributed by atoms with Crippen molar-refractivity contribution in [3.05, 3.63) is 30.0 Å². The zero-order valence-corrected chi connectivity index (χ0v) is 11.5. The maximum Gasteiger partial charge on any atom is 0.361 e. The Balaban J connectivity index is 2.19. The third-order valence-electron chi connectivity index (χ3n) is 2.62. The number of aromatic amines is 1. The molecule has 0 atom stereocenters. The van der Waals surface area contributed by atoms with Crippen molar-refractivity contribution in [1.29, 1.82) is 0 Å². The molecule has 0 aliphatic carbocycles. The van der Waals surface area contributed by atoms with E-state index in [4.69, 9.17) is 9.47 Å². The van der Waals surface area contributed by atoms with Crippen molar-refractivity contribution in [1.82, 2.24) is 15.4 Å². The number of nitrogens with zero attached hydrogens (tertiary/aromatic N) is 2. The molecular formula is C14H17N3O3. The van der Waals surface area contributed by atoms with E-state index in [-0.39, 0.29) is 5.69 Å². The first-order valence-corrected chi connectivity index (χ1v) is 6.57. The standard InChI is InChI=1S/C14H17N3O3/c1-3-9-20-11-7-5-10(6-8-11)12-13(16-17-15-12)14(18)19-4-2/h5-8H,3-4,9H2,1-2H3,(H,15,16,17). The second-order valence-electron chi connectivity index (χ2n) is 4.11. The molecule has 0 saturated heterocycles. The molecule has 0 fully saturated rings. The number of hydrogen-bond donors (Lipinski definition) is 1. The number of benzene rings is 1. The molecule has 2 rings (SSSR count). The van der Waals surface area contributed by atoms with Crippen molar-refractivity contribution in [3.8, 4) is 17.0 Å². The van der Waals surface area contributed by atoms with Gasteiger partial charge >= 0.3 is 5.97 Å². The normalized spacial score (nSPS) is 10.3. The second kappa shape index (κ2) is 6.70. The zero-order valence-electron chi connectivity index (χ0n) is 11.5. The minimum atomic E-state index is -0.484. The van der Waals surface area contributed by atoms with Crippen molar-refractivity contribution >= 4 is 5.97 Å². The molecule has 6 nitrogen and oxygen atoms in total. The van der Waals surface area contributed by atoms with E-state index < -0.39 is 5.97 Å². The monoisotopic (exact) mass is 275 g/mol. The van der Waals surface area contributed by atoms with Crippen molar-refractivity contribution in [2.24, 2.45) is 0 Å². The molecule has 0 unspecified atom stereocenters. The average molecular weight is 275 g/mol. The molecule has 1 N–H and O–H groups in total. The van der Waals surface area contributed by atoms with Gasteiger partial charge in [-0.05, 0) is 37.6 Å². The van der Waals surface area contributed by atoms with Gasteiger partial charge in [-0.25, -0.2) is 4.79 Å². The Morgan fingerprint density at radius 2 is 1.95 bits per heavy atom. The van der Waals surface area contributed by atoms with E-state index in [0.717, 1.165) is 17.7 Å². The van der Waals surface area contributed by atoms with Gasteiger partial charge in [0.2, 0.25) is 0 Å². The largest absolute Gasteiger partial charge is 0.494 e. The quantitative estimate of drug-likeness (QED) is 0.819. The number of carbonyl (C=O) groups excluding carboxylic acids is 1. The fourth-order valence-electron chi connectivity index (χ4n) is 1.70. The Kier molecular flexibility index (Phi) is 4.70. The summed E-state index contributed by atoms with van der Waals surface area (Å²) < 4.78 is 10.4. The van der Waals surface area contributed by atoms with Crippen LogP contribution in [-0.4, -0.2) is 34.6 Å². The summed E-state index contributed by atoms with van der Waals surface area (Å²) >= 11 is 0. The molecule has 1 heterocycles. The van der Waals surface area contributed by atoms with Crippen LogP contribution in [0.5, 0.6) is 5.75 Å². The average Bonchev–Trinajstić information content (AvgIpc) is 2.95. The molecule has 1 aromatic carbocycles. The SMILES string of the molecule is CCCOc1ccc(-c2n[nH]nc2C(=O)OCC)cc1. The van der Waals surface area contributed by atoms with Crippen LogP contribution in [0.3, 0.4) is 0 Å². The molecule has 0 aliphatic rings. The maximum atomic E-state index is 11.7. The number of ether oxygens (including phenoxy) is 2. The van der Waals surface area contributed by atoms with Crippen LogP contribution in [0.25, 0.3) is 11.3 Å². The lowest BCUT2D eigenvalue weighted by Crippen LogP contribution is -2.06. The van der Waals surface area contributed by atoms with Gasteiger partial charge in [-0.2, -0.15) is 10.3 Å². The third-order valence-corrected chi connectivity index (χ3v) is 2.62. The summed E-state index contributed by atoms with van der Waals surface area (Å²) in [6, 6.07) is 7.36. The molecule has 106 valence electrons. The van der Waals surface area contributed by atoms with Crippen LogP contribution in [0.15, 0.2) is 24.3 Å². The van der Waals surface area contributed by atoms with Gasteiger partial charge in [0.25, 0.3) is 0 Å². The predicted molar refractivity (Wildman–Crippen MR) is 73.6 cm³/mol. The molecule has 1 aromatic heterocycles. The fourth-order valence-corrected chi connectivity index (χ4v) is 1.70. The molecular weight excluding hydrogens is 258 g/mol. The van der Waals surface area contributed by atoms with Crippen molar-refractivity contribution in [2.45, 2.75) is 20.3 Å². The summed E-state index contributed by atoms with van der Waals surface area (Å²) in [6.45, 7) is 4.78. The van der Waals surface area contributed by atoms with Gasteiger partial charge in [-0.15, -0.1) is 5.10 Å². The van der Waals surface area contributed by atoms with Gasteiger partial charge in [-0.3, -0.25) is 0 Å². The summed E-state index contributed by atoms with van der Waals surface area (Å²) in [4.78, 5) is 11.7. The summed E-state index contributed by atoms with van der Waals surface area (Å²) in [6.07, 6.45) is 0.956. The minimum absolute atomic E-state index is 0.189. The number of aromatic nitrogens is 3. The molecule has 0 amide bonds. The van der Waals surface area contributed by atoms with Crippen molar-refractivity contribution in [3.63, 3.8) is 0 Å². The minimum Gasteiger partial charge on any atom is -0.494 e. The highest BCUT2D eigenvalue weighted by molar-refractivity contribution is 5.93. The van der Waals surface area contributed by atoms with E-state index in [1.165, 1.54) is 0 Å². The van der Waals surface area contributed by atoms with Crippen LogP contribution in [0.1, 0.15) is 30.8 Å². The third kappa shape index (κ3) is 3.14. The first-order chi connectivity index (χ1) is 9.76. The van der Waals surface area contributed by atoms with Crippen LogP contribution in [-0.2, 0) is 4.74 Å². The fraction of sp³-hybridized carbons (Fsp3) is 0.357. The van der Waals surface area contributed by atoms with Gasteiger partial charge in [0.05, 0.1) is 13.2 Å². The van der Waals surface area contributed by atoms with Crippen molar-refractivity contribution < 1.29 is 14.3 Å². The van der Waals surface area contributed by atoms with Crippen LogP contribution < -0.4 is 4.74 Å². The molecule has 20 heavy (non-hydrogen) atoms. The first kappa shape index (κ1) is 14.0. The van der Waals surface area contributed by atoms with Gasteiger partial charge in [0.15, 0.2) is 5.69 Å². The number of nitrogens with one attached hydrogen (secondary N) is 1. The van der Waals surface area contributed by atoms with E-state index in [0.29, 0.717) is 18.9 Å². The molecule has 0 radical (unpaired) electrons. The lowest BCUT2D eigenvalue weighted by Gasteiger charge is -2.05. The summed E-state index contributed by atoms with van der Waals surface area (Å²) in [5.41, 5.74) is 1.45. The molecule has 2 aromatic rings. The summed E-state index contributed by atoms with van der Waals surface area (Å²) in [7, 11) is 0. The highest BCUT2D eigenvalue weighted by Gasteiger charge is 2.18. The van der Waals surface area contributed by atoms with E-state index in [1.807, 2.05) is 24.3 Å². The lowest BCUT2D eigenvalue weighted by molar-refractivity contribution is 0.0520. The molecule has 0 aliphatic heterocycles. The Bertz CT molecular complexity index is 563. The van der Waals surface area contributed by atoms with Crippen molar-refractivity contribution in [2.75, 3.05) is 13.2 Å². The molecule has 0 spiro atoms. The number of esters is 1. The van der Waals surface area contributed by atoms with Gasteiger partial charge < -0.3 is 9.47 Å². The Labute approximate surface area is 117 Å². The van der Waals surface area contributed by atoms with Gasteiger partial charge in [0, 0.05) is 5.56 Å². The van der Waals surface area contributed by atoms with Crippen LogP contribution >= 0.6 is 0 Å². The van der Waals surface area contributed by atoms with E-state index in [1.54, 1.807) is 6.92 Å². The second-order valence-corrected chi connectivity index (χ2v) is 4.11. The Morgan fingerprint density at radius 1 is 1.20 bits per heavy atom. The highest BCUT2D eigenvalue weighted by Crippen LogP contribution is 2.23. The first-order valence-electron chi connectivity index (χ1n) is 6.57. The number of rotatable bonds is 6. The van der Waals surface area contributed by atoms with E-state index >= 15 is 0 Å². The van der Waals surface area contributed by atoms with E-state index in [9.17, 15) is 4.79 Å². The van der Waals surface area contributed by atoms with Crippen LogP contribution in [0.2, 0.25) is 0 Å². The smallest absolute Gasteiger partial charge is 0.361 e. The topological polar surface area (TPSA) is 77.1 Å². The highest BCUT2D eigenvalue weighted by atomic mass is 16.5. The number of H-pyrrole nitrogens is 1. The Morgan fingerprint density at radius 3 is 2.60 bits per heavy atom. The lowest BCUT2D eigenvalue weighted by atomic mass is 10.1. The van der Waals surface area contributed by atoms with Crippen LogP contribution in [0.4, 0.5) is 0 Å². The predicted octanol–water partition coefficient (Wildman–Crippen LogP) is 2.44. The summed E-state index contributed by atoms with van der Waals surface area (Å²) in [5, 5.41) is 10.3. The molecule has 6 heteroatoms. The van der Waals surface area contributed by atoms with Gasteiger partial charge in [0.1, 0.15) is 11.4 Å². The molecule has 0 bridgehead atoms.